The fourth-order valence-electron chi connectivity index (χ4n) is 2.22. The Morgan fingerprint density at radius 2 is 2.11 bits per heavy atom. The lowest BCUT2D eigenvalue weighted by Gasteiger charge is -2.24. The number of rotatable bonds is 2. The molecule has 0 radical (unpaired) electrons. The third-order valence-corrected chi connectivity index (χ3v) is 3.06. The quantitative estimate of drug-likeness (QED) is 0.815. The topological polar surface area (TPSA) is 60.8 Å². The minimum absolute atomic E-state index is 0.0864. The Hall–Kier alpha value is -1.53. The molecular formula is C12H13F2NO3. The van der Waals surface area contributed by atoms with Gasteiger partial charge < -0.3 is 15.1 Å². The molecule has 2 atom stereocenters. The highest BCUT2D eigenvalue weighted by Gasteiger charge is 2.35. The van der Waals surface area contributed by atoms with E-state index in [9.17, 15) is 18.7 Å². The summed E-state index contributed by atoms with van der Waals surface area (Å²) in [5, 5.41) is 18.4. The van der Waals surface area contributed by atoms with Crippen molar-refractivity contribution in [3.05, 3.63) is 35.4 Å². The van der Waals surface area contributed by atoms with E-state index < -0.39 is 36.3 Å². The monoisotopic (exact) mass is 257 g/mol. The van der Waals surface area contributed by atoms with Gasteiger partial charge in [0.2, 0.25) is 5.91 Å². The molecule has 2 N–H and O–H groups in total. The second-order valence-electron chi connectivity index (χ2n) is 4.28. The Kier molecular flexibility index (Phi) is 3.58. The Morgan fingerprint density at radius 1 is 1.39 bits per heavy atom. The largest absolute Gasteiger partial charge is 0.391 e. The van der Waals surface area contributed by atoms with E-state index in [0.717, 1.165) is 12.1 Å². The first-order valence-corrected chi connectivity index (χ1v) is 5.56. The van der Waals surface area contributed by atoms with E-state index in [1.807, 2.05) is 0 Å². The lowest BCUT2D eigenvalue weighted by Crippen LogP contribution is -2.33. The average Bonchev–Trinajstić information content (AvgIpc) is 2.74. The zero-order valence-corrected chi connectivity index (χ0v) is 9.51. The van der Waals surface area contributed by atoms with Gasteiger partial charge in [-0.05, 0) is 24.1 Å². The predicted molar refractivity (Wildman–Crippen MR) is 58.5 cm³/mol. The summed E-state index contributed by atoms with van der Waals surface area (Å²) in [5.74, 6) is -2.50. The number of amides is 1. The molecule has 0 aliphatic carbocycles. The van der Waals surface area contributed by atoms with Gasteiger partial charge in [0.25, 0.3) is 0 Å². The van der Waals surface area contributed by atoms with Gasteiger partial charge in [0, 0.05) is 6.54 Å². The molecule has 0 saturated carbocycles. The first-order valence-electron chi connectivity index (χ1n) is 5.56. The molecule has 6 heteroatoms. The van der Waals surface area contributed by atoms with Crippen LogP contribution in [0.3, 0.4) is 0 Å². The van der Waals surface area contributed by atoms with Crippen molar-refractivity contribution in [3.8, 4) is 0 Å². The predicted octanol–water partition coefficient (Wildman–Crippen LogP) is 0.591. The van der Waals surface area contributed by atoms with Crippen LogP contribution < -0.4 is 0 Å². The molecule has 0 aromatic heterocycles. The van der Waals surface area contributed by atoms with E-state index in [-0.39, 0.29) is 13.0 Å². The Labute approximate surface area is 102 Å². The molecule has 1 fully saturated rings. The summed E-state index contributed by atoms with van der Waals surface area (Å²) in [5.41, 5.74) is 0.409. The van der Waals surface area contributed by atoms with Crippen LogP contribution in [0.4, 0.5) is 8.78 Å². The fraction of sp³-hybridized carbons (Fsp3) is 0.417. The summed E-state index contributed by atoms with van der Waals surface area (Å²) in [6.07, 6.45) is -0.477. The van der Waals surface area contributed by atoms with Crippen molar-refractivity contribution in [2.45, 2.75) is 18.6 Å². The highest BCUT2D eigenvalue weighted by molar-refractivity contribution is 5.78. The van der Waals surface area contributed by atoms with Crippen molar-refractivity contribution in [1.82, 2.24) is 4.90 Å². The molecule has 18 heavy (non-hydrogen) atoms. The first-order chi connectivity index (χ1) is 8.52. The second-order valence-corrected chi connectivity index (χ2v) is 4.28. The van der Waals surface area contributed by atoms with Crippen LogP contribution in [0.2, 0.25) is 0 Å². The van der Waals surface area contributed by atoms with Gasteiger partial charge >= 0.3 is 0 Å². The van der Waals surface area contributed by atoms with Crippen LogP contribution in [-0.4, -0.2) is 40.3 Å². The van der Waals surface area contributed by atoms with E-state index in [0.29, 0.717) is 5.56 Å². The first kappa shape index (κ1) is 12.9. The fourth-order valence-corrected chi connectivity index (χ4v) is 2.22. The summed E-state index contributed by atoms with van der Waals surface area (Å²) in [6.45, 7) is -0.587. The molecule has 98 valence electrons. The lowest BCUT2D eigenvalue weighted by molar-refractivity contribution is -0.135. The van der Waals surface area contributed by atoms with Crippen molar-refractivity contribution in [1.29, 1.82) is 0 Å². The zero-order chi connectivity index (χ0) is 13.3. The number of carbonyl (C=O) groups is 1. The molecule has 0 spiro atoms. The van der Waals surface area contributed by atoms with Crippen molar-refractivity contribution in [2.24, 2.45) is 0 Å². The van der Waals surface area contributed by atoms with Crippen LogP contribution in [-0.2, 0) is 4.79 Å². The van der Waals surface area contributed by atoms with E-state index in [1.165, 1.54) is 11.0 Å². The average molecular weight is 257 g/mol. The molecule has 1 aliphatic heterocycles. The van der Waals surface area contributed by atoms with Crippen molar-refractivity contribution in [3.63, 3.8) is 0 Å². The Balaban J connectivity index is 2.29. The normalized spacial score (nSPS) is 23.4. The number of hydrogen-bond acceptors (Lipinski definition) is 3. The summed E-state index contributed by atoms with van der Waals surface area (Å²) in [6, 6.07) is 2.83. The van der Waals surface area contributed by atoms with Gasteiger partial charge in [0.1, 0.15) is 6.61 Å². The van der Waals surface area contributed by atoms with Crippen LogP contribution in [0.25, 0.3) is 0 Å². The molecule has 1 saturated heterocycles. The summed E-state index contributed by atoms with van der Waals surface area (Å²) in [4.78, 5) is 12.8. The molecule has 0 unspecified atom stereocenters. The van der Waals surface area contributed by atoms with Gasteiger partial charge in [-0.2, -0.15) is 0 Å². The molecular weight excluding hydrogens is 244 g/mol. The molecule has 1 amide bonds. The number of β-amino-alcohol motifs (C(OH)–C–C–N with tert-alkyl or cyclic N) is 1. The van der Waals surface area contributed by atoms with E-state index in [2.05, 4.69) is 0 Å². The highest BCUT2D eigenvalue weighted by atomic mass is 19.2. The molecule has 1 heterocycles. The Morgan fingerprint density at radius 3 is 2.72 bits per heavy atom. The molecule has 0 bridgehead atoms. The summed E-state index contributed by atoms with van der Waals surface area (Å²) < 4.78 is 26.0. The van der Waals surface area contributed by atoms with Crippen molar-refractivity contribution in [2.75, 3.05) is 13.2 Å². The SMILES string of the molecule is O=C(CO)N1C[C@H](O)C[C@H]1c1ccc(F)c(F)c1. The number of aliphatic hydroxyl groups is 2. The standard InChI is InChI=1S/C12H13F2NO3/c13-9-2-1-7(3-10(9)14)11-4-8(17)5-15(11)12(18)6-16/h1-3,8,11,16-17H,4-6H2/t8-,11+/m1/s1. The van der Waals surface area contributed by atoms with E-state index >= 15 is 0 Å². The zero-order valence-electron chi connectivity index (χ0n) is 9.51. The van der Waals surface area contributed by atoms with Crippen LogP contribution in [0.5, 0.6) is 0 Å². The molecule has 4 nitrogen and oxygen atoms in total. The van der Waals surface area contributed by atoms with Crippen LogP contribution in [0, 0.1) is 11.6 Å². The molecule has 1 aromatic carbocycles. The summed E-state index contributed by atoms with van der Waals surface area (Å²) >= 11 is 0. The minimum atomic E-state index is -0.995. The third-order valence-electron chi connectivity index (χ3n) is 3.06. The van der Waals surface area contributed by atoms with Gasteiger partial charge in [0.15, 0.2) is 11.6 Å². The second kappa shape index (κ2) is 4.99. The number of likely N-dealkylation sites (tertiary alicyclic amines) is 1. The van der Waals surface area contributed by atoms with Crippen LogP contribution in [0.15, 0.2) is 18.2 Å². The van der Waals surface area contributed by atoms with Gasteiger partial charge in [-0.15, -0.1) is 0 Å². The van der Waals surface area contributed by atoms with Crippen LogP contribution in [0.1, 0.15) is 18.0 Å². The number of carbonyl (C=O) groups excluding carboxylic acids is 1. The molecule has 2 rings (SSSR count). The van der Waals surface area contributed by atoms with Gasteiger partial charge in [0.05, 0.1) is 12.1 Å². The molecule has 1 aliphatic rings. The maximum atomic E-state index is 13.1. The number of halogens is 2. The maximum absolute atomic E-state index is 13.1. The Bertz CT molecular complexity index is 467. The smallest absolute Gasteiger partial charge is 0.248 e. The van der Waals surface area contributed by atoms with E-state index in [1.54, 1.807) is 0 Å². The maximum Gasteiger partial charge on any atom is 0.248 e. The van der Waals surface area contributed by atoms with Gasteiger partial charge in [-0.3, -0.25) is 4.79 Å². The minimum Gasteiger partial charge on any atom is -0.391 e. The number of hydrogen-bond donors (Lipinski definition) is 2. The number of benzene rings is 1. The van der Waals surface area contributed by atoms with Crippen molar-refractivity contribution >= 4 is 5.91 Å². The number of aliphatic hydroxyl groups excluding tert-OH is 2. The van der Waals surface area contributed by atoms with Crippen LogP contribution >= 0.6 is 0 Å². The lowest BCUT2D eigenvalue weighted by atomic mass is 10.0. The van der Waals surface area contributed by atoms with E-state index in [4.69, 9.17) is 5.11 Å². The highest BCUT2D eigenvalue weighted by Crippen LogP contribution is 2.32. The van der Waals surface area contributed by atoms with Gasteiger partial charge in [-0.25, -0.2) is 8.78 Å². The number of nitrogens with zero attached hydrogens (tertiary/aromatic N) is 1. The van der Waals surface area contributed by atoms with Gasteiger partial charge in [-0.1, -0.05) is 6.07 Å². The molecule has 1 aromatic rings. The third kappa shape index (κ3) is 2.34. The summed E-state index contributed by atoms with van der Waals surface area (Å²) in [7, 11) is 0. The van der Waals surface area contributed by atoms with Crippen molar-refractivity contribution < 1.29 is 23.8 Å².